The molecule has 1 N–H and O–H groups in total. The molecule has 6 heteroatoms. The Bertz CT molecular complexity index is 552. The van der Waals surface area contributed by atoms with Crippen LogP contribution in [0.1, 0.15) is 11.3 Å². The first-order valence-electron chi connectivity index (χ1n) is 5.91. The van der Waals surface area contributed by atoms with Crippen molar-refractivity contribution >= 4 is 11.5 Å². The lowest BCUT2D eigenvalue weighted by Gasteiger charge is -2.05. The van der Waals surface area contributed by atoms with E-state index in [2.05, 4.69) is 15.3 Å². The summed E-state index contributed by atoms with van der Waals surface area (Å²) in [6, 6.07) is 7.04. The molecule has 0 aliphatic carbocycles. The molecule has 0 amide bonds. The number of nitrogens with zero attached hydrogens (tertiary/aromatic N) is 3. The summed E-state index contributed by atoms with van der Waals surface area (Å²) in [5, 5.41) is 13.6. The molecule has 2 aromatic rings. The predicted octanol–water partition coefficient (Wildman–Crippen LogP) is 2.35. The second kappa shape index (κ2) is 5.90. The van der Waals surface area contributed by atoms with Crippen molar-refractivity contribution in [3.63, 3.8) is 0 Å². The van der Waals surface area contributed by atoms with Crippen LogP contribution in [0.4, 0.5) is 11.5 Å². The minimum absolute atomic E-state index is 0.00622. The van der Waals surface area contributed by atoms with Crippen molar-refractivity contribution in [1.29, 1.82) is 0 Å². The number of aryl methyl sites for hydroxylation is 1. The second-order valence-corrected chi connectivity index (χ2v) is 4.14. The molecular weight excluding hydrogens is 244 g/mol. The highest BCUT2D eigenvalue weighted by atomic mass is 16.6. The van der Waals surface area contributed by atoms with Gasteiger partial charge in [0.1, 0.15) is 12.0 Å². The molecule has 0 fully saturated rings. The molecular formula is C13H14N4O2. The van der Waals surface area contributed by atoms with Gasteiger partial charge in [-0.05, 0) is 31.0 Å². The standard InChI is InChI=1S/C13H14N4O2/c1-10-2-3-11(8-15-10)6-7-14-13-5-4-12(9-16-13)17(18)19/h2-5,8-9H,6-7H2,1H3,(H,14,16). The average Bonchev–Trinajstić information content (AvgIpc) is 2.41. The van der Waals surface area contributed by atoms with Crippen LogP contribution >= 0.6 is 0 Å². The highest BCUT2D eigenvalue weighted by Crippen LogP contribution is 2.11. The van der Waals surface area contributed by atoms with E-state index >= 15 is 0 Å². The largest absolute Gasteiger partial charge is 0.370 e. The maximum Gasteiger partial charge on any atom is 0.287 e. The number of anilines is 1. The summed E-state index contributed by atoms with van der Waals surface area (Å²) in [5.74, 6) is 0.630. The van der Waals surface area contributed by atoms with E-state index in [0.29, 0.717) is 12.4 Å². The van der Waals surface area contributed by atoms with Gasteiger partial charge in [-0.1, -0.05) is 6.07 Å². The lowest BCUT2D eigenvalue weighted by molar-refractivity contribution is -0.385. The number of pyridine rings is 2. The van der Waals surface area contributed by atoms with E-state index in [0.717, 1.165) is 17.7 Å². The van der Waals surface area contributed by atoms with Crippen LogP contribution in [-0.4, -0.2) is 21.4 Å². The molecule has 2 rings (SSSR count). The molecule has 0 unspecified atom stereocenters. The number of hydrogen-bond acceptors (Lipinski definition) is 5. The Labute approximate surface area is 110 Å². The van der Waals surface area contributed by atoms with Gasteiger partial charge in [0, 0.05) is 24.5 Å². The summed E-state index contributed by atoms with van der Waals surface area (Å²) in [6.07, 6.45) is 3.92. The van der Waals surface area contributed by atoms with E-state index in [4.69, 9.17) is 0 Å². The van der Waals surface area contributed by atoms with Crippen LogP contribution in [0.15, 0.2) is 36.7 Å². The Hall–Kier alpha value is -2.50. The topological polar surface area (TPSA) is 81.0 Å². The van der Waals surface area contributed by atoms with Crippen molar-refractivity contribution in [1.82, 2.24) is 9.97 Å². The molecule has 0 atom stereocenters. The van der Waals surface area contributed by atoms with Crippen LogP contribution < -0.4 is 5.32 Å². The molecule has 6 nitrogen and oxygen atoms in total. The van der Waals surface area contributed by atoms with Gasteiger partial charge in [0.15, 0.2) is 0 Å². The quantitative estimate of drug-likeness (QED) is 0.657. The molecule has 0 spiro atoms. The van der Waals surface area contributed by atoms with Crippen LogP contribution in [0.3, 0.4) is 0 Å². The Morgan fingerprint density at radius 3 is 2.63 bits per heavy atom. The van der Waals surface area contributed by atoms with Crippen molar-refractivity contribution in [3.05, 3.63) is 58.0 Å². The summed E-state index contributed by atoms with van der Waals surface area (Å²) < 4.78 is 0. The number of aromatic nitrogens is 2. The molecule has 2 heterocycles. The summed E-state index contributed by atoms with van der Waals surface area (Å²) >= 11 is 0. The molecule has 0 aliphatic heterocycles. The lowest BCUT2D eigenvalue weighted by atomic mass is 10.2. The normalized spacial score (nSPS) is 10.2. The van der Waals surface area contributed by atoms with Crippen LogP contribution in [0.25, 0.3) is 0 Å². The van der Waals surface area contributed by atoms with Crippen molar-refractivity contribution in [2.24, 2.45) is 0 Å². The van der Waals surface area contributed by atoms with E-state index in [1.165, 1.54) is 12.3 Å². The Morgan fingerprint density at radius 2 is 2.05 bits per heavy atom. The average molecular weight is 258 g/mol. The van der Waals surface area contributed by atoms with Crippen LogP contribution in [-0.2, 0) is 6.42 Å². The molecule has 0 aliphatic rings. The molecule has 0 saturated heterocycles. The first-order valence-corrected chi connectivity index (χ1v) is 5.91. The summed E-state index contributed by atoms with van der Waals surface area (Å²) in [6.45, 7) is 2.65. The van der Waals surface area contributed by atoms with Gasteiger partial charge in [-0.2, -0.15) is 0 Å². The fourth-order valence-electron chi connectivity index (χ4n) is 1.58. The lowest BCUT2D eigenvalue weighted by Crippen LogP contribution is -2.06. The summed E-state index contributed by atoms with van der Waals surface area (Å²) in [7, 11) is 0. The number of hydrogen-bond donors (Lipinski definition) is 1. The molecule has 0 bridgehead atoms. The summed E-state index contributed by atoms with van der Waals surface area (Å²) in [5.41, 5.74) is 2.13. The van der Waals surface area contributed by atoms with E-state index in [-0.39, 0.29) is 5.69 Å². The molecule has 19 heavy (non-hydrogen) atoms. The monoisotopic (exact) mass is 258 g/mol. The number of rotatable bonds is 5. The fourth-order valence-corrected chi connectivity index (χ4v) is 1.58. The zero-order chi connectivity index (χ0) is 13.7. The Kier molecular flexibility index (Phi) is 4.02. The Balaban J connectivity index is 1.85. The first-order chi connectivity index (χ1) is 9.15. The van der Waals surface area contributed by atoms with Gasteiger partial charge in [-0.15, -0.1) is 0 Å². The third-order valence-corrected chi connectivity index (χ3v) is 2.65. The maximum atomic E-state index is 10.5. The van der Waals surface area contributed by atoms with Gasteiger partial charge in [0.05, 0.1) is 4.92 Å². The molecule has 98 valence electrons. The smallest absolute Gasteiger partial charge is 0.287 e. The molecule has 2 aromatic heterocycles. The second-order valence-electron chi connectivity index (χ2n) is 4.14. The van der Waals surface area contributed by atoms with Crippen LogP contribution in [0.5, 0.6) is 0 Å². The van der Waals surface area contributed by atoms with Gasteiger partial charge in [-0.3, -0.25) is 15.1 Å². The zero-order valence-corrected chi connectivity index (χ0v) is 10.5. The minimum atomic E-state index is -0.464. The third kappa shape index (κ3) is 3.74. The van der Waals surface area contributed by atoms with E-state index < -0.39 is 4.92 Å². The SMILES string of the molecule is Cc1ccc(CCNc2ccc([N+](=O)[O-])cn2)cn1. The highest BCUT2D eigenvalue weighted by molar-refractivity contribution is 5.40. The predicted molar refractivity (Wildman–Crippen MR) is 72.1 cm³/mol. The fraction of sp³-hybridized carbons (Fsp3) is 0.231. The third-order valence-electron chi connectivity index (χ3n) is 2.65. The number of nitrogens with one attached hydrogen (secondary N) is 1. The minimum Gasteiger partial charge on any atom is -0.370 e. The number of nitro groups is 1. The van der Waals surface area contributed by atoms with Crippen molar-refractivity contribution in [2.75, 3.05) is 11.9 Å². The van der Waals surface area contributed by atoms with Gasteiger partial charge < -0.3 is 5.32 Å². The highest BCUT2D eigenvalue weighted by Gasteiger charge is 2.04. The van der Waals surface area contributed by atoms with Crippen molar-refractivity contribution in [2.45, 2.75) is 13.3 Å². The molecule has 0 saturated carbocycles. The van der Waals surface area contributed by atoms with Gasteiger partial charge in [0.25, 0.3) is 5.69 Å². The summed E-state index contributed by atoms with van der Waals surface area (Å²) in [4.78, 5) is 18.2. The van der Waals surface area contributed by atoms with Crippen LogP contribution in [0, 0.1) is 17.0 Å². The van der Waals surface area contributed by atoms with Crippen molar-refractivity contribution < 1.29 is 4.92 Å². The maximum absolute atomic E-state index is 10.5. The zero-order valence-electron chi connectivity index (χ0n) is 10.5. The van der Waals surface area contributed by atoms with E-state index in [9.17, 15) is 10.1 Å². The van der Waals surface area contributed by atoms with Gasteiger partial charge in [0.2, 0.25) is 0 Å². The van der Waals surface area contributed by atoms with E-state index in [1.54, 1.807) is 6.07 Å². The van der Waals surface area contributed by atoms with Gasteiger partial charge >= 0.3 is 0 Å². The van der Waals surface area contributed by atoms with Gasteiger partial charge in [-0.25, -0.2) is 4.98 Å². The molecule has 0 aromatic carbocycles. The van der Waals surface area contributed by atoms with E-state index in [1.807, 2.05) is 25.3 Å². The molecule has 0 radical (unpaired) electrons. The first kappa shape index (κ1) is 12.9. The Morgan fingerprint density at radius 1 is 1.21 bits per heavy atom. The van der Waals surface area contributed by atoms with Crippen LogP contribution in [0.2, 0.25) is 0 Å². The van der Waals surface area contributed by atoms with Crippen molar-refractivity contribution in [3.8, 4) is 0 Å².